The Kier molecular flexibility index (Phi) is 4.43. The number of hydrogen-bond donors (Lipinski definition) is 1. The Morgan fingerprint density at radius 3 is 2.84 bits per heavy atom. The smallest absolute Gasteiger partial charge is 0.227 e. The largest absolute Gasteiger partial charge is 0.375 e. The number of aryl methyl sites for hydroxylation is 1. The summed E-state index contributed by atoms with van der Waals surface area (Å²) in [6.07, 6.45) is 3.64. The molecular weight excluding hydrogens is 238 g/mol. The predicted molar refractivity (Wildman–Crippen MR) is 79.7 cm³/mol. The zero-order chi connectivity index (χ0) is 13.8. The van der Waals surface area contributed by atoms with Crippen molar-refractivity contribution >= 4 is 17.3 Å². The van der Waals surface area contributed by atoms with Crippen molar-refractivity contribution in [1.29, 1.82) is 0 Å². The van der Waals surface area contributed by atoms with Crippen LogP contribution < -0.4 is 15.5 Å². The molecule has 0 saturated heterocycles. The van der Waals surface area contributed by atoms with Gasteiger partial charge in [0.1, 0.15) is 0 Å². The van der Waals surface area contributed by atoms with E-state index >= 15 is 0 Å². The minimum absolute atomic E-state index is 0.205. The Labute approximate surface area is 115 Å². The van der Waals surface area contributed by atoms with Gasteiger partial charge in [-0.3, -0.25) is 4.79 Å². The maximum absolute atomic E-state index is 11.7. The van der Waals surface area contributed by atoms with Gasteiger partial charge in [-0.15, -0.1) is 0 Å². The van der Waals surface area contributed by atoms with Crippen molar-refractivity contribution in [3.05, 3.63) is 23.8 Å². The molecule has 1 aliphatic heterocycles. The van der Waals surface area contributed by atoms with Crippen molar-refractivity contribution < 1.29 is 4.79 Å². The summed E-state index contributed by atoms with van der Waals surface area (Å²) in [7, 11) is 3.96. The molecule has 4 heteroatoms. The van der Waals surface area contributed by atoms with Crippen molar-refractivity contribution in [2.24, 2.45) is 5.73 Å². The van der Waals surface area contributed by atoms with Crippen molar-refractivity contribution in [2.75, 3.05) is 37.0 Å². The van der Waals surface area contributed by atoms with E-state index in [0.29, 0.717) is 6.42 Å². The number of fused-ring (bicyclic) bond motifs is 1. The number of anilines is 2. The minimum Gasteiger partial charge on any atom is -0.375 e. The number of carbonyl (C=O) groups is 1. The zero-order valence-electron chi connectivity index (χ0n) is 11.9. The normalized spacial score (nSPS) is 14.5. The summed E-state index contributed by atoms with van der Waals surface area (Å²) in [5.41, 5.74) is 9.06. The maximum Gasteiger partial charge on any atom is 0.227 e. The van der Waals surface area contributed by atoms with Gasteiger partial charge in [0.15, 0.2) is 0 Å². The monoisotopic (exact) mass is 261 g/mol. The fourth-order valence-electron chi connectivity index (χ4n) is 2.50. The van der Waals surface area contributed by atoms with E-state index in [0.717, 1.165) is 38.0 Å². The highest BCUT2D eigenvalue weighted by molar-refractivity contribution is 5.96. The molecule has 0 fully saturated rings. The average Bonchev–Trinajstić information content (AvgIpc) is 2.43. The molecule has 2 N–H and O–H groups in total. The highest BCUT2D eigenvalue weighted by Crippen LogP contribution is 2.30. The lowest BCUT2D eigenvalue weighted by Crippen LogP contribution is -2.31. The van der Waals surface area contributed by atoms with Gasteiger partial charge in [0.2, 0.25) is 5.91 Å². The maximum atomic E-state index is 11.7. The molecule has 1 heterocycles. The lowest BCUT2D eigenvalue weighted by molar-refractivity contribution is -0.118. The summed E-state index contributed by atoms with van der Waals surface area (Å²) in [5, 5.41) is 0. The van der Waals surface area contributed by atoms with E-state index < -0.39 is 0 Å². The first-order valence-electron chi connectivity index (χ1n) is 6.94. The number of amides is 1. The van der Waals surface area contributed by atoms with E-state index in [1.165, 1.54) is 11.3 Å². The first-order valence-corrected chi connectivity index (χ1v) is 6.94. The molecule has 2 rings (SSSR count). The highest BCUT2D eigenvalue weighted by atomic mass is 16.2. The van der Waals surface area contributed by atoms with Crippen LogP contribution in [0.2, 0.25) is 0 Å². The van der Waals surface area contributed by atoms with Crippen molar-refractivity contribution in [3.8, 4) is 0 Å². The molecule has 0 atom stereocenters. The Bertz CT molecular complexity index is 459. The van der Waals surface area contributed by atoms with E-state index in [1.54, 1.807) is 4.90 Å². The molecule has 1 amide bonds. The van der Waals surface area contributed by atoms with E-state index in [1.807, 2.05) is 7.05 Å². The third-order valence-electron chi connectivity index (χ3n) is 3.80. The molecule has 0 aliphatic carbocycles. The third-order valence-corrected chi connectivity index (χ3v) is 3.80. The molecule has 1 aromatic rings. The van der Waals surface area contributed by atoms with Gasteiger partial charge in [0.25, 0.3) is 0 Å². The van der Waals surface area contributed by atoms with Crippen LogP contribution in [-0.4, -0.2) is 33.1 Å². The SMILES string of the molecule is CN(CCCCN)c1ccc2c(c1)CCC(=O)N2C. The summed E-state index contributed by atoms with van der Waals surface area (Å²) < 4.78 is 0. The number of carbonyl (C=O) groups excluding carboxylic acids is 1. The van der Waals surface area contributed by atoms with Gasteiger partial charge in [-0.05, 0) is 49.6 Å². The summed E-state index contributed by atoms with van der Waals surface area (Å²) in [6.45, 7) is 1.77. The molecule has 1 aromatic carbocycles. The first kappa shape index (κ1) is 13.9. The Balaban J connectivity index is 2.10. The lowest BCUT2D eigenvalue weighted by Gasteiger charge is -2.28. The Morgan fingerprint density at radius 1 is 1.32 bits per heavy atom. The molecule has 0 spiro atoms. The van der Waals surface area contributed by atoms with Crippen molar-refractivity contribution in [3.63, 3.8) is 0 Å². The van der Waals surface area contributed by atoms with E-state index in [2.05, 4.69) is 30.1 Å². The van der Waals surface area contributed by atoms with Crippen molar-refractivity contribution in [1.82, 2.24) is 0 Å². The number of benzene rings is 1. The number of hydrogen-bond acceptors (Lipinski definition) is 3. The van der Waals surface area contributed by atoms with Crippen molar-refractivity contribution in [2.45, 2.75) is 25.7 Å². The number of nitrogens with zero attached hydrogens (tertiary/aromatic N) is 2. The molecule has 1 aliphatic rings. The topological polar surface area (TPSA) is 49.6 Å². The van der Waals surface area contributed by atoms with Gasteiger partial charge in [0.05, 0.1) is 0 Å². The summed E-state index contributed by atoms with van der Waals surface area (Å²) in [6, 6.07) is 6.36. The van der Waals surface area contributed by atoms with E-state index in [4.69, 9.17) is 5.73 Å². The molecule has 19 heavy (non-hydrogen) atoms. The molecule has 0 radical (unpaired) electrons. The Morgan fingerprint density at radius 2 is 2.11 bits per heavy atom. The lowest BCUT2D eigenvalue weighted by atomic mass is 10.0. The first-order chi connectivity index (χ1) is 9.13. The molecule has 0 aromatic heterocycles. The molecule has 4 nitrogen and oxygen atoms in total. The number of rotatable bonds is 5. The minimum atomic E-state index is 0.205. The van der Waals surface area contributed by atoms with Gasteiger partial charge in [-0.25, -0.2) is 0 Å². The predicted octanol–water partition coefficient (Wildman–Crippen LogP) is 1.77. The second kappa shape index (κ2) is 6.06. The van der Waals surface area contributed by atoms with Crippen LogP contribution in [-0.2, 0) is 11.2 Å². The van der Waals surface area contributed by atoms with Gasteiger partial charge in [-0.1, -0.05) is 0 Å². The molecule has 0 bridgehead atoms. The van der Waals surface area contributed by atoms with E-state index in [-0.39, 0.29) is 5.91 Å². The third kappa shape index (κ3) is 3.07. The van der Waals surface area contributed by atoms with Gasteiger partial charge in [-0.2, -0.15) is 0 Å². The summed E-state index contributed by atoms with van der Waals surface area (Å²) in [4.78, 5) is 15.7. The number of nitrogens with two attached hydrogens (primary N) is 1. The fourth-order valence-corrected chi connectivity index (χ4v) is 2.50. The van der Waals surface area contributed by atoms with Gasteiger partial charge < -0.3 is 15.5 Å². The zero-order valence-corrected chi connectivity index (χ0v) is 11.9. The number of unbranched alkanes of at least 4 members (excludes halogenated alkanes) is 1. The van der Waals surface area contributed by atoms with E-state index in [9.17, 15) is 4.79 Å². The summed E-state index contributed by atoms with van der Waals surface area (Å²) in [5.74, 6) is 0.205. The summed E-state index contributed by atoms with van der Waals surface area (Å²) >= 11 is 0. The molecule has 0 unspecified atom stereocenters. The standard InChI is InChI=1S/C15H23N3O/c1-17(10-4-3-9-16)13-6-7-14-12(11-13)5-8-15(19)18(14)2/h6-7,11H,3-5,8-10,16H2,1-2H3. The quantitative estimate of drug-likeness (QED) is 0.822. The molecule has 104 valence electrons. The van der Waals surface area contributed by atoms with Crippen LogP contribution in [0.4, 0.5) is 11.4 Å². The average molecular weight is 261 g/mol. The molecular formula is C15H23N3O. The van der Waals surface area contributed by atoms with Crippen LogP contribution in [0.15, 0.2) is 18.2 Å². The molecule has 0 saturated carbocycles. The Hall–Kier alpha value is -1.55. The van der Waals surface area contributed by atoms with Crippen LogP contribution in [0.5, 0.6) is 0 Å². The van der Waals surface area contributed by atoms with Crippen LogP contribution in [0.1, 0.15) is 24.8 Å². The highest BCUT2D eigenvalue weighted by Gasteiger charge is 2.21. The second-order valence-electron chi connectivity index (χ2n) is 5.18. The fraction of sp³-hybridized carbons (Fsp3) is 0.533. The van der Waals surface area contributed by atoms with Crippen LogP contribution in [0.3, 0.4) is 0 Å². The van der Waals surface area contributed by atoms with Crippen LogP contribution >= 0.6 is 0 Å². The van der Waals surface area contributed by atoms with Gasteiger partial charge in [0, 0.05) is 38.4 Å². The van der Waals surface area contributed by atoms with Crippen LogP contribution in [0.25, 0.3) is 0 Å². The van der Waals surface area contributed by atoms with Gasteiger partial charge >= 0.3 is 0 Å². The van der Waals surface area contributed by atoms with Crippen LogP contribution in [0, 0.1) is 0 Å². The second-order valence-corrected chi connectivity index (χ2v) is 5.18.